The first-order valence-electron chi connectivity index (χ1n) is 8.87. The minimum absolute atomic E-state index is 0.133. The second-order valence-corrected chi connectivity index (χ2v) is 5.26. The summed E-state index contributed by atoms with van der Waals surface area (Å²) in [4.78, 5) is 0. The zero-order valence-corrected chi connectivity index (χ0v) is 15.5. The summed E-state index contributed by atoms with van der Waals surface area (Å²) in [6.07, 6.45) is 1.95. The highest BCUT2D eigenvalue weighted by Crippen LogP contribution is 2.33. The summed E-state index contributed by atoms with van der Waals surface area (Å²) in [6, 6.07) is 0. The van der Waals surface area contributed by atoms with Crippen LogP contribution in [0.5, 0.6) is 0 Å². The Balaban J connectivity index is 0. The van der Waals surface area contributed by atoms with Gasteiger partial charge in [-0.25, -0.2) is 17.6 Å². The van der Waals surface area contributed by atoms with Crippen LogP contribution in [0.25, 0.3) is 0 Å². The first-order chi connectivity index (χ1) is 10.8. The van der Waals surface area contributed by atoms with Crippen molar-refractivity contribution in [3.05, 3.63) is 0 Å². The van der Waals surface area contributed by atoms with E-state index in [0.717, 1.165) is 6.42 Å². The van der Waals surface area contributed by atoms with Crippen LogP contribution in [0.15, 0.2) is 0 Å². The van der Waals surface area contributed by atoms with Gasteiger partial charge < -0.3 is 10.1 Å². The molecule has 0 bridgehead atoms. The van der Waals surface area contributed by atoms with Crippen LogP contribution in [0.4, 0.5) is 17.6 Å². The Morgan fingerprint density at radius 2 is 1.52 bits per heavy atom. The summed E-state index contributed by atoms with van der Waals surface area (Å²) < 4.78 is 55.1. The molecule has 2 heterocycles. The Labute approximate surface area is 139 Å². The number of hydrogen-bond donors (Lipinski definition) is 1. The molecule has 2 rings (SSSR count). The number of halogens is 4. The minimum atomic E-state index is -2.56. The van der Waals surface area contributed by atoms with Crippen molar-refractivity contribution in [1.29, 1.82) is 0 Å². The van der Waals surface area contributed by atoms with E-state index in [2.05, 4.69) is 10.1 Å². The Morgan fingerprint density at radius 1 is 0.957 bits per heavy atom. The number of alkyl halides is 4. The third-order valence-corrected chi connectivity index (χ3v) is 3.69. The molecule has 2 saturated heterocycles. The molecule has 0 aromatic carbocycles. The number of rotatable bonds is 3. The van der Waals surface area contributed by atoms with Crippen LogP contribution in [-0.2, 0) is 4.74 Å². The lowest BCUT2D eigenvalue weighted by Gasteiger charge is -2.14. The van der Waals surface area contributed by atoms with Crippen molar-refractivity contribution in [2.24, 2.45) is 11.8 Å². The fourth-order valence-corrected chi connectivity index (χ4v) is 2.37. The quantitative estimate of drug-likeness (QED) is 0.694. The van der Waals surface area contributed by atoms with Gasteiger partial charge in [-0.05, 0) is 12.8 Å². The summed E-state index contributed by atoms with van der Waals surface area (Å²) >= 11 is 0. The van der Waals surface area contributed by atoms with Crippen LogP contribution in [0.3, 0.4) is 0 Å². The van der Waals surface area contributed by atoms with Crippen LogP contribution in [0.2, 0.25) is 0 Å². The number of hydrogen-bond acceptors (Lipinski definition) is 2. The van der Waals surface area contributed by atoms with Crippen molar-refractivity contribution in [2.45, 2.75) is 72.6 Å². The van der Waals surface area contributed by atoms with Gasteiger partial charge in [-0.3, -0.25) is 0 Å². The molecule has 0 aromatic heterocycles. The summed E-state index contributed by atoms with van der Waals surface area (Å²) in [5, 5.41) is 2.66. The van der Waals surface area contributed by atoms with E-state index in [9.17, 15) is 17.6 Å². The third-order valence-electron chi connectivity index (χ3n) is 3.69. The summed E-state index contributed by atoms with van der Waals surface area (Å²) in [5.41, 5.74) is 0. The van der Waals surface area contributed by atoms with Gasteiger partial charge in [0.05, 0.1) is 13.2 Å². The van der Waals surface area contributed by atoms with E-state index in [1.807, 2.05) is 34.6 Å². The highest BCUT2D eigenvalue weighted by molar-refractivity contribution is 4.86. The molecule has 23 heavy (non-hydrogen) atoms. The molecule has 142 valence electrons. The molecule has 0 spiro atoms. The molecular formula is C17H35F4NO. The van der Waals surface area contributed by atoms with E-state index in [0.29, 0.717) is 19.4 Å². The van der Waals surface area contributed by atoms with Crippen molar-refractivity contribution >= 4 is 0 Å². The van der Waals surface area contributed by atoms with Gasteiger partial charge in [0, 0.05) is 18.4 Å². The highest BCUT2D eigenvalue weighted by Gasteiger charge is 2.44. The third kappa shape index (κ3) is 8.89. The predicted molar refractivity (Wildman–Crippen MR) is 88.5 cm³/mol. The van der Waals surface area contributed by atoms with Gasteiger partial charge in [-0.1, -0.05) is 48.0 Å². The molecule has 1 N–H and O–H groups in total. The Morgan fingerprint density at radius 3 is 1.78 bits per heavy atom. The molecule has 0 radical (unpaired) electrons. The highest BCUT2D eigenvalue weighted by atomic mass is 19.3. The first-order valence-corrected chi connectivity index (χ1v) is 8.87. The number of ether oxygens (including phenoxy) is 1. The van der Waals surface area contributed by atoms with E-state index < -0.39 is 23.7 Å². The standard InChI is InChI=1S/C7H12F2O.C6H11F2N.2C2H6/c1-2-3-6-4-10-5-7(6,8)9;1-2-5-3-9-4-6(5,7)8;2*1-2/h6H,2-5H2,1H3;5,9H,2-4H2,1H3;2*1-2H3. The van der Waals surface area contributed by atoms with E-state index in [1.165, 1.54) is 0 Å². The lowest BCUT2D eigenvalue weighted by atomic mass is 10.00. The van der Waals surface area contributed by atoms with Crippen LogP contribution in [-0.4, -0.2) is 38.1 Å². The summed E-state index contributed by atoms with van der Waals surface area (Å²) in [7, 11) is 0. The van der Waals surface area contributed by atoms with Gasteiger partial charge in [0.2, 0.25) is 0 Å². The largest absolute Gasteiger partial charge is 0.375 e. The molecule has 2 atom stereocenters. The SMILES string of the molecule is CC.CC.CCC1CNCC1(F)F.CCCC1COCC1(F)F. The van der Waals surface area contributed by atoms with E-state index >= 15 is 0 Å². The van der Waals surface area contributed by atoms with Gasteiger partial charge >= 0.3 is 0 Å². The summed E-state index contributed by atoms with van der Waals surface area (Å²) in [5.74, 6) is -5.97. The molecule has 0 saturated carbocycles. The maximum atomic E-state index is 12.7. The van der Waals surface area contributed by atoms with E-state index in [1.54, 1.807) is 6.92 Å². The minimum Gasteiger partial charge on any atom is -0.375 e. The Bertz CT molecular complexity index is 275. The lowest BCUT2D eigenvalue weighted by molar-refractivity contribution is -0.0386. The maximum absolute atomic E-state index is 12.7. The van der Waals surface area contributed by atoms with Gasteiger partial charge in [-0.2, -0.15) is 0 Å². The van der Waals surface area contributed by atoms with E-state index in [-0.39, 0.29) is 19.8 Å². The Kier molecular flexibility index (Phi) is 14.1. The van der Waals surface area contributed by atoms with Crippen molar-refractivity contribution in [2.75, 3.05) is 26.3 Å². The molecular weight excluding hydrogens is 310 g/mol. The molecule has 0 aliphatic carbocycles. The smallest absolute Gasteiger partial charge is 0.275 e. The van der Waals surface area contributed by atoms with Gasteiger partial charge in [0.1, 0.15) is 6.61 Å². The average molecular weight is 345 g/mol. The van der Waals surface area contributed by atoms with Gasteiger partial charge in [0.15, 0.2) is 0 Å². The number of nitrogens with one attached hydrogen (secondary N) is 1. The van der Waals surface area contributed by atoms with Crippen LogP contribution in [0, 0.1) is 11.8 Å². The summed E-state index contributed by atoms with van der Waals surface area (Å²) in [6.45, 7) is 11.9. The van der Waals surface area contributed by atoms with Crippen molar-refractivity contribution in [3.8, 4) is 0 Å². The molecule has 2 fully saturated rings. The van der Waals surface area contributed by atoms with Crippen molar-refractivity contribution in [1.82, 2.24) is 5.32 Å². The molecule has 2 unspecified atom stereocenters. The monoisotopic (exact) mass is 345 g/mol. The molecule has 6 heteroatoms. The second kappa shape index (κ2) is 13.0. The van der Waals surface area contributed by atoms with Crippen LogP contribution in [0.1, 0.15) is 60.8 Å². The maximum Gasteiger partial charge on any atom is 0.275 e. The van der Waals surface area contributed by atoms with Crippen molar-refractivity contribution < 1.29 is 22.3 Å². The second-order valence-electron chi connectivity index (χ2n) is 5.26. The molecule has 2 aliphatic heterocycles. The average Bonchev–Trinajstić information content (AvgIpc) is 3.05. The molecule has 2 nitrogen and oxygen atoms in total. The molecule has 0 aromatic rings. The van der Waals surface area contributed by atoms with Crippen LogP contribution < -0.4 is 5.32 Å². The fraction of sp³-hybridized carbons (Fsp3) is 1.00. The lowest BCUT2D eigenvalue weighted by Crippen LogP contribution is -2.26. The fourth-order valence-electron chi connectivity index (χ4n) is 2.37. The van der Waals surface area contributed by atoms with Crippen molar-refractivity contribution in [3.63, 3.8) is 0 Å². The van der Waals surface area contributed by atoms with Gasteiger partial charge in [0.25, 0.3) is 11.8 Å². The van der Waals surface area contributed by atoms with Crippen LogP contribution >= 0.6 is 0 Å². The first kappa shape index (κ1) is 24.9. The predicted octanol–water partition coefficient (Wildman–Crippen LogP) is 5.37. The zero-order valence-electron chi connectivity index (χ0n) is 15.5. The topological polar surface area (TPSA) is 21.3 Å². The zero-order chi connectivity index (χ0) is 18.5. The molecule has 2 aliphatic rings. The Hall–Kier alpha value is -0.360. The molecule has 0 amide bonds. The van der Waals surface area contributed by atoms with Gasteiger partial charge in [-0.15, -0.1) is 0 Å². The van der Waals surface area contributed by atoms with E-state index in [4.69, 9.17) is 0 Å². The normalized spacial score (nSPS) is 26.9.